The van der Waals surface area contributed by atoms with E-state index in [1.54, 1.807) is 25.3 Å². The molecular weight excluding hydrogens is 250 g/mol. The van der Waals surface area contributed by atoms with Gasteiger partial charge in [-0.1, -0.05) is 25.4 Å². The van der Waals surface area contributed by atoms with Crippen LogP contribution in [0.2, 0.25) is 5.02 Å². The third kappa shape index (κ3) is 2.51. The van der Waals surface area contributed by atoms with Gasteiger partial charge in [-0.15, -0.1) is 0 Å². The lowest BCUT2D eigenvalue weighted by Gasteiger charge is -2.09. The monoisotopic (exact) mass is 265 g/mol. The van der Waals surface area contributed by atoms with Crippen LogP contribution >= 0.6 is 11.6 Å². The molecule has 1 aromatic heterocycles. The molecule has 2 aromatic rings. The van der Waals surface area contributed by atoms with Crippen LogP contribution in [0.3, 0.4) is 0 Å². The highest BCUT2D eigenvalue weighted by molar-refractivity contribution is 6.32. The predicted molar refractivity (Wildman–Crippen MR) is 74.7 cm³/mol. The molecule has 0 atom stereocenters. The average Bonchev–Trinajstić information content (AvgIpc) is 2.28. The Morgan fingerprint density at radius 3 is 2.67 bits per heavy atom. The number of H-pyrrole nitrogens is 1. The molecule has 0 unspecified atom stereocenters. The van der Waals surface area contributed by atoms with Gasteiger partial charge in [-0.2, -0.15) is 0 Å². The number of rotatable bonds is 3. The third-order valence-corrected chi connectivity index (χ3v) is 3.08. The quantitative estimate of drug-likeness (QED) is 0.924. The fraction of sp³-hybridized carbons (Fsp3) is 0.357. The summed E-state index contributed by atoms with van der Waals surface area (Å²) in [4.78, 5) is 15.3. The molecule has 0 saturated carbocycles. The lowest BCUT2D eigenvalue weighted by atomic mass is 10.1. The minimum absolute atomic E-state index is 0.0102. The van der Waals surface area contributed by atoms with E-state index in [1.165, 1.54) is 0 Å². The lowest BCUT2D eigenvalue weighted by Crippen LogP contribution is -2.07. The smallest absolute Gasteiger partial charge is 0.189 e. The zero-order valence-corrected chi connectivity index (χ0v) is 11.5. The van der Waals surface area contributed by atoms with Crippen molar-refractivity contribution in [1.29, 1.82) is 0 Å². The van der Waals surface area contributed by atoms with Crippen molar-refractivity contribution < 1.29 is 4.74 Å². The summed E-state index contributed by atoms with van der Waals surface area (Å²) < 4.78 is 5.16. The number of pyridine rings is 1. The molecule has 0 amide bonds. The van der Waals surface area contributed by atoms with Crippen molar-refractivity contribution in [3.8, 4) is 5.75 Å². The molecule has 1 N–H and O–H groups in total. The van der Waals surface area contributed by atoms with Crippen LogP contribution in [-0.4, -0.2) is 12.1 Å². The van der Waals surface area contributed by atoms with Gasteiger partial charge in [0, 0.05) is 23.2 Å². The van der Waals surface area contributed by atoms with Gasteiger partial charge < -0.3 is 9.72 Å². The van der Waals surface area contributed by atoms with E-state index in [4.69, 9.17) is 16.3 Å². The molecule has 0 aliphatic rings. The topological polar surface area (TPSA) is 42.1 Å². The summed E-state index contributed by atoms with van der Waals surface area (Å²) in [5, 5.41) is 1.04. The molecule has 3 nitrogen and oxygen atoms in total. The Morgan fingerprint density at radius 1 is 1.33 bits per heavy atom. The molecule has 0 aliphatic carbocycles. The Balaban J connectivity index is 2.63. The van der Waals surface area contributed by atoms with Gasteiger partial charge >= 0.3 is 0 Å². The number of benzene rings is 1. The van der Waals surface area contributed by atoms with E-state index in [0.717, 1.165) is 17.6 Å². The van der Waals surface area contributed by atoms with Crippen LogP contribution in [0.15, 0.2) is 23.0 Å². The van der Waals surface area contributed by atoms with E-state index in [2.05, 4.69) is 18.8 Å². The van der Waals surface area contributed by atoms with E-state index < -0.39 is 0 Å². The Bertz CT molecular complexity index is 631. The number of aromatic nitrogens is 1. The first-order chi connectivity index (χ1) is 8.51. The van der Waals surface area contributed by atoms with Crippen LogP contribution in [0.1, 0.15) is 19.5 Å². The summed E-state index contributed by atoms with van der Waals surface area (Å²) >= 11 is 6.02. The van der Waals surface area contributed by atoms with E-state index in [-0.39, 0.29) is 5.43 Å². The van der Waals surface area contributed by atoms with Crippen LogP contribution in [-0.2, 0) is 6.42 Å². The summed E-state index contributed by atoms with van der Waals surface area (Å²) in [5.41, 5.74) is 1.69. The molecule has 1 heterocycles. The van der Waals surface area contributed by atoms with Crippen molar-refractivity contribution in [2.45, 2.75) is 20.3 Å². The lowest BCUT2D eigenvalue weighted by molar-refractivity contribution is 0.415. The number of fused-ring (bicyclic) bond motifs is 1. The molecule has 96 valence electrons. The summed E-state index contributed by atoms with van der Waals surface area (Å²) in [6.45, 7) is 4.23. The second kappa shape index (κ2) is 5.02. The first-order valence-corrected chi connectivity index (χ1v) is 6.28. The molecule has 0 spiro atoms. The Kier molecular flexibility index (Phi) is 3.62. The van der Waals surface area contributed by atoms with Crippen LogP contribution in [0.4, 0.5) is 0 Å². The minimum Gasteiger partial charge on any atom is -0.495 e. The maximum absolute atomic E-state index is 12.0. The molecule has 4 heteroatoms. The third-order valence-electron chi connectivity index (χ3n) is 2.79. The fourth-order valence-electron chi connectivity index (χ4n) is 2.01. The Hall–Kier alpha value is -1.48. The second-order valence-electron chi connectivity index (χ2n) is 4.79. The number of halogens is 1. The van der Waals surface area contributed by atoms with E-state index >= 15 is 0 Å². The maximum atomic E-state index is 12.0. The van der Waals surface area contributed by atoms with Gasteiger partial charge in [-0.05, 0) is 18.4 Å². The molecule has 0 fully saturated rings. The standard InChI is InChI=1S/C14H16ClNO2/c1-8(2)4-9-5-13(17)10-6-11(15)14(18-3)7-12(10)16-9/h5-8H,4H2,1-3H3,(H,16,17). The molecule has 0 bridgehead atoms. The number of ether oxygens (including phenoxy) is 1. The molecular formula is C14H16ClNO2. The summed E-state index contributed by atoms with van der Waals surface area (Å²) in [7, 11) is 1.56. The van der Waals surface area contributed by atoms with Gasteiger partial charge in [-0.25, -0.2) is 0 Å². The van der Waals surface area contributed by atoms with Gasteiger partial charge in [-0.3, -0.25) is 4.79 Å². The number of hydrogen-bond donors (Lipinski definition) is 1. The highest BCUT2D eigenvalue weighted by Crippen LogP contribution is 2.27. The first kappa shape index (κ1) is 13.0. The summed E-state index contributed by atoms with van der Waals surface area (Å²) in [5.74, 6) is 1.06. The van der Waals surface area contributed by atoms with E-state index in [0.29, 0.717) is 22.1 Å². The van der Waals surface area contributed by atoms with Crippen molar-refractivity contribution in [1.82, 2.24) is 4.98 Å². The first-order valence-electron chi connectivity index (χ1n) is 5.90. The molecule has 0 aliphatic heterocycles. The SMILES string of the molecule is COc1cc2[nH]c(CC(C)C)cc(=O)c2cc1Cl. The summed E-state index contributed by atoms with van der Waals surface area (Å²) in [6.07, 6.45) is 0.843. The minimum atomic E-state index is -0.0102. The van der Waals surface area contributed by atoms with E-state index in [9.17, 15) is 4.79 Å². The van der Waals surface area contributed by atoms with Crippen LogP contribution in [0.25, 0.3) is 10.9 Å². The number of aromatic amines is 1. The Morgan fingerprint density at radius 2 is 2.06 bits per heavy atom. The van der Waals surface area contributed by atoms with Gasteiger partial charge in [0.05, 0.1) is 17.6 Å². The molecule has 0 saturated heterocycles. The van der Waals surface area contributed by atoms with Gasteiger partial charge in [0.25, 0.3) is 0 Å². The maximum Gasteiger partial charge on any atom is 0.189 e. The molecule has 1 aromatic carbocycles. The number of methoxy groups -OCH3 is 1. The number of hydrogen-bond acceptors (Lipinski definition) is 2. The van der Waals surface area contributed by atoms with E-state index in [1.807, 2.05) is 0 Å². The zero-order chi connectivity index (χ0) is 13.3. The Labute approximate surface area is 111 Å². The summed E-state index contributed by atoms with van der Waals surface area (Å²) in [6, 6.07) is 5.06. The average molecular weight is 266 g/mol. The van der Waals surface area contributed by atoms with Gasteiger partial charge in [0.2, 0.25) is 0 Å². The molecule has 0 radical (unpaired) electrons. The largest absolute Gasteiger partial charge is 0.495 e. The predicted octanol–water partition coefficient (Wildman–Crippen LogP) is 3.39. The van der Waals surface area contributed by atoms with Crippen molar-refractivity contribution in [3.63, 3.8) is 0 Å². The van der Waals surface area contributed by atoms with Gasteiger partial charge in [0.15, 0.2) is 5.43 Å². The highest BCUT2D eigenvalue weighted by atomic mass is 35.5. The van der Waals surface area contributed by atoms with Crippen LogP contribution < -0.4 is 10.2 Å². The van der Waals surface area contributed by atoms with Crippen molar-refractivity contribution >= 4 is 22.5 Å². The van der Waals surface area contributed by atoms with Crippen molar-refractivity contribution in [2.24, 2.45) is 5.92 Å². The van der Waals surface area contributed by atoms with Crippen molar-refractivity contribution in [3.05, 3.63) is 39.1 Å². The highest BCUT2D eigenvalue weighted by Gasteiger charge is 2.08. The van der Waals surface area contributed by atoms with Crippen LogP contribution in [0, 0.1) is 5.92 Å². The number of nitrogens with one attached hydrogen (secondary N) is 1. The normalized spacial score (nSPS) is 11.2. The molecule has 2 rings (SSSR count). The van der Waals surface area contributed by atoms with Gasteiger partial charge in [0.1, 0.15) is 5.75 Å². The van der Waals surface area contributed by atoms with Crippen molar-refractivity contribution in [2.75, 3.05) is 7.11 Å². The second-order valence-corrected chi connectivity index (χ2v) is 5.20. The molecule has 18 heavy (non-hydrogen) atoms. The zero-order valence-electron chi connectivity index (χ0n) is 10.7. The fourth-order valence-corrected chi connectivity index (χ4v) is 2.25. The van der Waals surface area contributed by atoms with Crippen LogP contribution in [0.5, 0.6) is 5.75 Å².